The highest BCUT2D eigenvalue weighted by molar-refractivity contribution is 5.22. The van der Waals surface area contributed by atoms with Gasteiger partial charge in [0.05, 0.1) is 0 Å². The second kappa shape index (κ2) is 11.8. The van der Waals surface area contributed by atoms with Crippen LogP contribution < -0.4 is 0 Å². The zero-order chi connectivity index (χ0) is 22.3. The first-order chi connectivity index (χ1) is 15.6. The van der Waals surface area contributed by atoms with E-state index >= 15 is 0 Å². The summed E-state index contributed by atoms with van der Waals surface area (Å²) >= 11 is 0. The molecule has 0 spiro atoms. The molecule has 3 fully saturated rings. The number of hydrogen-bond donors (Lipinski definition) is 0. The number of allylic oxidation sites excluding steroid dienone is 2. The van der Waals surface area contributed by atoms with Crippen LogP contribution in [-0.4, -0.2) is 0 Å². The van der Waals surface area contributed by atoms with E-state index in [1.54, 1.807) is 6.07 Å². The van der Waals surface area contributed by atoms with Gasteiger partial charge in [0.15, 0.2) is 11.6 Å². The third-order valence-electron chi connectivity index (χ3n) is 9.18. The van der Waals surface area contributed by atoms with Gasteiger partial charge in [-0.15, -0.1) is 0 Å². The lowest BCUT2D eigenvalue weighted by molar-refractivity contribution is 0.151. The molecule has 4 rings (SSSR count). The lowest BCUT2D eigenvalue weighted by atomic mass is 9.68. The number of halogens is 2. The molecule has 3 saturated carbocycles. The number of benzene rings is 1. The second-order valence-corrected chi connectivity index (χ2v) is 11.3. The van der Waals surface area contributed by atoms with Gasteiger partial charge in [0.25, 0.3) is 0 Å². The maximum Gasteiger partial charge on any atom is 0.159 e. The summed E-state index contributed by atoms with van der Waals surface area (Å²) in [7, 11) is 0. The highest BCUT2D eigenvalue weighted by Gasteiger charge is 2.30. The fourth-order valence-electron chi connectivity index (χ4n) is 6.98. The monoisotopic (exact) mass is 442 g/mol. The fraction of sp³-hybridized carbons (Fsp3) is 0.733. The summed E-state index contributed by atoms with van der Waals surface area (Å²) in [5.74, 6) is 3.46. The molecule has 32 heavy (non-hydrogen) atoms. The van der Waals surface area contributed by atoms with Crippen LogP contribution in [0.25, 0.3) is 0 Å². The zero-order valence-electron chi connectivity index (χ0n) is 20.2. The quantitative estimate of drug-likeness (QED) is 0.369. The van der Waals surface area contributed by atoms with Crippen LogP contribution in [-0.2, 0) is 0 Å². The van der Waals surface area contributed by atoms with Gasteiger partial charge in [0.2, 0.25) is 0 Å². The predicted octanol–water partition coefficient (Wildman–Crippen LogP) is 9.60. The molecule has 0 aromatic heterocycles. The van der Waals surface area contributed by atoms with Crippen LogP contribution in [0.5, 0.6) is 0 Å². The molecule has 3 aliphatic carbocycles. The third kappa shape index (κ3) is 6.45. The molecular formula is C30H44F2. The summed E-state index contributed by atoms with van der Waals surface area (Å²) in [4.78, 5) is 0. The molecule has 0 unspecified atom stereocenters. The van der Waals surface area contributed by atoms with Crippen LogP contribution in [0.3, 0.4) is 0 Å². The lowest BCUT2D eigenvalue weighted by Crippen LogP contribution is -2.25. The van der Waals surface area contributed by atoms with Crippen LogP contribution >= 0.6 is 0 Å². The maximum atomic E-state index is 13.6. The standard InChI is InChI=1S/C30H44F2/c1-2-3-4-22-7-13-25(14-8-22)26-15-9-23(10-16-26)5-6-24-11-17-27(18-12-24)28-19-20-29(31)30(32)21-28/h5-6,19-27H,2-4,7-18H2,1H3. The molecule has 0 aliphatic heterocycles. The number of rotatable bonds is 7. The summed E-state index contributed by atoms with van der Waals surface area (Å²) < 4.78 is 26.8. The van der Waals surface area contributed by atoms with Crippen LogP contribution in [0.2, 0.25) is 0 Å². The van der Waals surface area contributed by atoms with Gasteiger partial charge in [-0.3, -0.25) is 0 Å². The summed E-state index contributed by atoms with van der Waals surface area (Å²) in [6, 6.07) is 4.47. The minimum Gasteiger partial charge on any atom is -0.204 e. The molecule has 0 amide bonds. The van der Waals surface area contributed by atoms with E-state index in [-0.39, 0.29) is 0 Å². The van der Waals surface area contributed by atoms with E-state index in [0.29, 0.717) is 11.8 Å². The Hall–Kier alpha value is -1.18. The van der Waals surface area contributed by atoms with E-state index < -0.39 is 11.6 Å². The van der Waals surface area contributed by atoms with Gasteiger partial charge in [0, 0.05) is 0 Å². The minimum atomic E-state index is -0.736. The molecular weight excluding hydrogens is 398 g/mol. The molecule has 2 heteroatoms. The van der Waals surface area contributed by atoms with Crippen molar-refractivity contribution in [3.63, 3.8) is 0 Å². The Bertz CT molecular complexity index is 714. The predicted molar refractivity (Wildman–Crippen MR) is 131 cm³/mol. The normalized spacial score (nSPS) is 34.1. The van der Waals surface area contributed by atoms with Crippen LogP contribution in [0, 0.1) is 41.2 Å². The van der Waals surface area contributed by atoms with E-state index in [9.17, 15) is 8.78 Å². The number of unbranched alkanes of at least 4 members (excludes halogenated alkanes) is 1. The molecule has 0 heterocycles. The molecule has 0 atom stereocenters. The highest BCUT2D eigenvalue weighted by atomic mass is 19.2. The fourth-order valence-corrected chi connectivity index (χ4v) is 6.98. The molecule has 0 nitrogen and oxygen atoms in total. The van der Waals surface area contributed by atoms with Gasteiger partial charge >= 0.3 is 0 Å². The number of hydrogen-bond acceptors (Lipinski definition) is 0. The van der Waals surface area contributed by atoms with Crippen molar-refractivity contribution in [2.75, 3.05) is 0 Å². The van der Waals surface area contributed by atoms with Crippen LogP contribution in [0.4, 0.5) is 8.78 Å². The lowest BCUT2D eigenvalue weighted by Gasteiger charge is -2.37. The van der Waals surface area contributed by atoms with Crippen LogP contribution in [0.1, 0.15) is 115 Å². The molecule has 1 aromatic rings. The first-order valence-corrected chi connectivity index (χ1v) is 13.8. The van der Waals surface area contributed by atoms with E-state index in [2.05, 4.69) is 19.1 Å². The van der Waals surface area contributed by atoms with Crippen molar-refractivity contribution >= 4 is 0 Å². The van der Waals surface area contributed by atoms with Crippen molar-refractivity contribution in [2.45, 2.75) is 109 Å². The molecule has 0 bridgehead atoms. The Balaban J connectivity index is 1.15. The zero-order valence-corrected chi connectivity index (χ0v) is 20.2. The van der Waals surface area contributed by atoms with E-state index in [1.165, 1.54) is 95.6 Å². The van der Waals surface area contributed by atoms with E-state index in [1.807, 2.05) is 0 Å². The maximum absolute atomic E-state index is 13.6. The average molecular weight is 443 g/mol. The Morgan fingerprint density at radius 2 is 1.28 bits per heavy atom. The van der Waals surface area contributed by atoms with Gasteiger partial charge in [-0.2, -0.15) is 0 Å². The first kappa shape index (κ1) is 24.0. The van der Waals surface area contributed by atoms with E-state index in [0.717, 1.165) is 42.1 Å². The molecule has 3 aliphatic rings. The first-order valence-electron chi connectivity index (χ1n) is 13.8. The Morgan fingerprint density at radius 1 is 0.719 bits per heavy atom. The van der Waals surface area contributed by atoms with E-state index in [4.69, 9.17) is 0 Å². The molecule has 0 saturated heterocycles. The minimum absolute atomic E-state index is 0.391. The summed E-state index contributed by atoms with van der Waals surface area (Å²) in [5.41, 5.74) is 0.976. The SMILES string of the molecule is CCCCC1CCC(C2CCC(C=CC3CCC(c4ccc(F)c(F)c4)CC3)CC2)CC1. The Labute approximate surface area is 195 Å². The largest absolute Gasteiger partial charge is 0.204 e. The molecule has 178 valence electrons. The summed E-state index contributed by atoms with van der Waals surface area (Å²) in [6.45, 7) is 2.32. The molecule has 1 aromatic carbocycles. The van der Waals surface area contributed by atoms with Crippen molar-refractivity contribution in [3.8, 4) is 0 Å². The smallest absolute Gasteiger partial charge is 0.159 e. The van der Waals surface area contributed by atoms with Crippen molar-refractivity contribution < 1.29 is 8.78 Å². The van der Waals surface area contributed by atoms with Gasteiger partial charge in [-0.05, 0) is 117 Å². The van der Waals surface area contributed by atoms with Gasteiger partial charge in [0.1, 0.15) is 0 Å². The van der Waals surface area contributed by atoms with Crippen molar-refractivity contribution in [1.29, 1.82) is 0 Å². The summed E-state index contributed by atoms with van der Waals surface area (Å²) in [5, 5.41) is 0. The highest BCUT2D eigenvalue weighted by Crippen LogP contribution is 2.43. The van der Waals surface area contributed by atoms with Crippen molar-refractivity contribution in [3.05, 3.63) is 47.5 Å². The van der Waals surface area contributed by atoms with Crippen LogP contribution in [0.15, 0.2) is 30.4 Å². The Morgan fingerprint density at radius 3 is 1.84 bits per heavy atom. The van der Waals surface area contributed by atoms with Gasteiger partial charge in [-0.1, -0.05) is 57.2 Å². The second-order valence-electron chi connectivity index (χ2n) is 11.3. The van der Waals surface area contributed by atoms with Crippen molar-refractivity contribution in [2.24, 2.45) is 29.6 Å². The molecule has 0 radical (unpaired) electrons. The van der Waals surface area contributed by atoms with Crippen molar-refractivity contribution in [1.82, 2.24) is 0 Å². The average Bonchev–Trinajstić information content (AvgIpc) is 2.84. The van der Waals surface area contributed by atoms with Gasteiger partial charge < -0.3 is 0 Å². The molecule has 0 N–H and O–H groups in total. The Kier molecular flexibility index (Phi) is 8.83. The third-order valence-corrected chi connectivity index (χ3v) is 9.18. The topological polar surface area (TPSA) is 0 Å². The summed E-state index contributed by atoms with van der Waals surface area (Å²) in [6.07, 6.45) is 25.5. The van der Waals surface area contributed by atoms with Gasteiger partial charge in [-0.25, -0.2) is 8.78 Å².